The number of aromatic nitrogens is 1. The number of fused-ring (bicyclic) bond motifs is 2. The van der Waals surface area contributed by atoms with Gasteiger partial charge in [-0.3, -0.25) is 4.79 Å². The van der Waals surface area contributed by atoms with Crippen LogP contribution in [0, 0.1) is 0 Å². The lowest BCUT2D eigenvalue weighted by molar-refractivity contribution is -0.119. The molecule has 3 aromatic carbocycles. The zero-order chi connectivity index (χ0) is 25.1. The highest BCUT2D eigenvalue weighted by atomic mass is 16.5. The second-order valence-electron chi connectivity index (χ2n) is 8.42. The second-order valence-corrected chi connectivity index (χ2v) is 8.42. The number of anilines is 1. The van der Waals surface area contributed by atoms with Crippen LogP contribution in [0.25, 0.3) is 22.6 Å². The summed E-state index contributed by atoms with van der Waals surface area (Å²) in [5, 5.41) is 13.0. The number of pyridine rings is 1. The van der Waals surface area contributed by atoms with Gasteiger partial charge in [0.05, 0.1) is 29.6 Å². The maximum absolute atomic E-state index is 13.3. The fraction of sp³-hybridized carbons (Fsp3) is 0.138. The SMILES string of the molecule is COc1ccccc1NC(=O)COC(=O)c1c2c(nc3ccccc13)C(=Cc1ccc(O)cc1)CC2. The molecule has 36 heavy (non-hydrogen) atoms. The smallest absolute Gasteiger partial charge is 0.339 e. The van der Waals surface area contributed by atoms with Crippen LogP contribution in [0.4, 0.5) is 5.69 Å². The summed E-state index contributed by atoms with van der Waals surface area (Å²) in [6, 6.07) is 21.4. The molecule has 0 saturated heterocycles. The number of hydrogen-bond acceptors (Lipinski definition) is 6. The number of phenols is 1. The molecule has 1 aliphatic carbocycles. The van der Waals surface area contributed by atoms with Gasteiger partial charge in [0.15, 0.2) is 6.61 Å². The summed E-state index contributed by atoms with van der Waals surface area (Å²) in [6.07, 6.45) is 3.37. The highest BCUT2D eigenvalue weighted by molar-refractivity contribution is 6.08. The van der Waals surface area contributed by atoms with E-state index in [1.54, 1.807) is 36.4 Å². The van der Waals surface area contributed by atoms with E-state index in [9.17, 15) is 14.7 Å². The number of esters is 1. The van der Waals surface area contributed by atoms with Crippen LogP contribution in [0.5, 0.6) is 11.5 Å². The van der Waals surface area contributed by atoms with Crippen molar-refractivity contribution in [3.63, 3.8) is 0 Å². The van der Waals surface area contributed by atoms with Crippen LogP contribution in [0.1, 0.15) is 33.6 Å². The van der Waals surface area contributed by atoms with E-state index in [1.807, 2.05) is 42.5 Å². The van der Waals surface area contributed by atoms with Crippen molar-refractivity contribution in [3.8, 4) is 11.5 Å². The van der Waals surface area contributed by atoms with Crippen LogP contribution in [0.15, 0.2) is 72.8 Å². The zero-order valence-electron chi connectivity index (χ0n) is 19.7. The zero-order valence-corrected chi connectivity index (χ0v) is 19.7. The first-order chi connectivity index (χ1) is 17.5. The minimum atomic E-state index is -0.564. The van der Waals surface area contributed by atoms with Crippen molar-refractivity contribution in [1.29, 1.82) is 0 Å². The Bertz CT molecular complexity index is 1490. The van der Waals surface area contributed by atoms with Gasteiger partial charge in [-0.2, -0.15) is 0 Å². The summed E-state index contributed by atoms with van der Waals surface area (Å²) >= 11 is 0. The highest BCUT2D eigenvalue weighted by Gasteiger charge is 2.28. The topological polar surface area (TPSA) is 97.8 Å². The Morgan fingerprint density at radius 1 is 1.00 bits per heavy atom. The third kappa shape index (κ3) is 4.63. The molecule has 1 aromatic heterocycles. The molecule has 4 aromatic rings. The maximum Gasteiger partial charge on any atom is 0.339 e. The molecule has 5 rings (SSSR count). The summed E-state index contributed by atoms with van der Waals surface area (Å²) in [5.74, 6) is -0.308. The normalized spacial score (nSPS) is 13.4. The summed E-state index contributed by atoms with van der Waals surface area (Å²) in [7, 11) is 1.52. The summed E-state index contributed by atoms with van der Waals surface area (Å²) in [6.45, 7) is -0.432. The van der Waals surface area contributed by atoms with Crippen LogP contribution < -0.4 is 10.1 Å². The molecule has 180 valence electrons. The van der Waals surface area contributed by atoms with Crippen molar-refractivity contribution in [2.45, 2.75) is 12.8 Å². The van der Waals surface area contributed by atoms with Crippen molar-refractivity contribution < 1.29 is 24.2 Å². The number of carbonyl (C=O) groups is 2. The monoisotopic (exact) mass is 480 g/mol. The quantitative estimate of drug-likeness (QED) is 0.367. The number of phenolic OH excluding ortho intramolecular Hbond substituents is 1. The number of para-hydroxylation sites is 3. The van der Waals surface area contributed by atoms with Gasteiger partial charge in [0.1, 0.15) is 11.5 Å². The van der Waals surface area contributed by atoms with Crippen LogP contribution in [0.3, 0.4) is 0 Å². The molecule has 0 bridgehead atoms. The summed E-state index contributed by atoms with van der Waals surface area (Å²) in [5.41, 5.74) is 5.13. The third-order valence-electron chi connectivity index (χ3n) is 6.10. The first-order valence-corrected chi connectivity index (χ1v) is 11.5. The lowest BCUT2D eigenvalue weighted by Gasteiger charge is -2.13. The van der Waals surface area contributed by atoms with Gasteiger partial charge in [-0.15, -0.1) is 0 Å². The molecular weight excluding hydrogens is 456 g/mol. The molecule has 0 radical (unpaired) electrons. The number of methoxy groups -OCH3 is 1. The largest absolute Gasteiger partial charge is 0.508 e. The van der Waals surface area contributed by atoms with Gasteiger partial charge in [0.2, 0.25) is 0 Å². The lowest BCUT2D eigenvalue weighted by Crippen LogP contribution is -2.22. The van der Waals surface area contributed by atoms with Crippen molar-refractivity contribution in [3.05, 3.63) is 95.2 Å². The van der Waals surface area contributed by atoms with Gasteiger partial charge in [-0.1, -0.05) is 42.5 Å². The molecule has 2 N–H and O–H groups in total. The van der Waals surface area contributed by atoms with Crippen LogP contribution in [0.2, 0.25) is 0 Å². The van der Waals surface area contributed by atoms with Gasteiger partial charge < -0.3 is 19.9 Å². The number of rotatable bonds is 6. The predicted molar refractivity (Wildman–Crippen MR) is 138 cm³/mol. The Morgan fingerprint density at radius 3 is 2.56 bits per heavy atom. The Kier molecular flexibility index (Phi) is 6.36. The van der Waals surface area contributed by atoms with Gasteiger partial charge in [0.25, 0.3) is 5.91 Å². The molecule has 0 aliphatic heterocycles. The van der Waals surface area contributed by atoms with Crippen molar-refractivity contribution in [2.24, 2.45) is 0 Å². The number of benzene rings is 3. The Hall–Kier alpha value is -4.65. The predicted octanol–water partition coefficient (Wildman–Crippen LogP) is 5.23. The number of allylic oxidation sites excluding steroid dienone is 1. The van der Waals surface area contributed by atoms with E-state index in [0.717, 1.165) is 22.4 Å². The third-order valence-corrected chi connectivity index (χ3v) is 6.10. The Balaban J connectivity index is 1.42. The molecule has 0 spiro atoms. The van der Waals surface area contributed by atoms with Crippen molar-refractivity contribution in [2.75, 3.05) is 19.0 Å². The van der Waals surface area contributed by atoms with E-state index in [1.165, 1.54) is 7.11 Å². The number of amides is 1. The molecule has 1 aliphatic rings. The van der Waals surface area contributed by atoms with Gasteiger partial charge >= 0.3 is 5.97 Å². The second kappa shape index (κ2) is 9.92. The average Bonchev–Trinajstić information content (AvgIpc) is 3.29. The van der Waals surface area contributed by atoms with Gasteiger partial charge in [-0.05, 0) is 65.9 Å². The number of aromatic hydroxyl groups is 1. The lowest BCUT2D eigenvalue weighted by atomic mass is 10.0. The van der Waals surface area contributed by atoms with Crippen LogP contribution in [-0.2, 0) is 16.0 Å². The van der Waals surface area contributed by atoms with E-state index in [0.29, 0.717) is 40.7 Å². The molecule has 0 atom stereocenters. The van der Waals surface area contributed by atoms with Crippen molar-refractivity contribution >= 4 is 40.1 Å². The molecular formula is C29H24N2O5. The number of nitrogens with zero attached hydrogens (tertiary/aromatic N) is 1. The molecule has 0 unspecified atom stereocenters. The van der Waals surface area contributed by atoms with E-state index >= 15 is 0 Å². The number of nitrogens with one attached hydrogen (secondary N) is 1. The fourth-order valence-corrected chi connectivity index (χ4v) is 4.42. The first-order valence-electron chi connectivity index (χ1n) is 11.5. The minimum absolute atomic E-state index is 0.202. The average molecular weight is 481 g/mol. The highest BCUT2D eigenvalue weighted by Crippen LogP contribution is 2.38. The molecule has 0 saturated carbocycles. The van der Waals surface area contributed by atoms with E-state index in [2.05, 4.69) is 5.32 Å². The van der Waals surface area contributed by atoms with E-state index in [4.69, 9.17) is 14.5 Å². The van der Waals surface area contributed by atoms with Gasteiger partial charge in [0, 0.05) is 5.39 Å². The number of ether oxygens (including phenoxy) is 2. The Morgan fingerprint density at radius 2 is 1.75 bits per heavy atom. The van der Waals surface area contributed by atoms with Gasteiger partial charge in [-0.25, -0.2) is 9.78 Å². The molecule has 1 amide bonds. The molecule has 1 heterocycles. The summed E-state index contributed by atoms with van der Waals surface area (Å²) < 4.78 is 10.7. The van der Waals surface area contributed by atoms with Crippen LogP contribution in [-0.4, -0.2) is 35.7 Å². The molecule has 7 heteroatoms. The minimum Gasteiger partial charge on any atom is -0.508 e. The summed E-state index contributed by atoms with van der Waals surface area (Å²) in [4.78, 5) is 30.7. The number of hydrogen-bond donors (Lipinski definition) is 2. The van der Waals surface area contributed by atoms with Crippen molar-refractivity contribution in [1.82, 2.24) is 4.98 Å². The van der Waals surface area contributed by atoms with E-state index in [-0.39, 0.29) is 5.75 Å². The molecule has 0 fully saturated rings. The standard InChI is InChI=1S/C29H24N2O5/c1-35-25-9-5-4-8-24(25)30-26(33)17-36-29(34)27-21-6-2-3-7-23(21)31-28-19(12-15-22(27)28)16-18-10-13-20(32)14-11-18/h2-11,13-14,16,32H,12,15,17H2,1H3,(H,30,33). The molecule has 7 nitrogen and oxygen atoms in total. The number of carbonyl (C=O) groups excluding carboxylic acids is 2. The maximum atomic E-state index is 13.3. The van der Waals surface area contributed by atoms with Crippen LogP contribution >= 0.6 is 0 Å². The fourth-order valence-electron chi connectivity index (χ4n) is 4.42. The Labute approximate surface area is 208 Å². The van der Waals surface area contributed by atoms with E-state index < -0.39 is 18.5 Å². The first kappa shape index (κ1) is 23.1.